The second kappa shape index (κ2) is 7.19. The van der Waals surface area contributed by atoms with Crippen LogP contribution in [0.1, 0.15) is 28.1 Å². The highest BCUT2D eigenvalue weighted by atomic mass is 16.1. The summed E-state index contributed by atoms with van der Waals surface area (Å²) in [6, 6.07) is 8.81. The Morgan fingerprint density at radius 1 is 1.24 bits per heavy atom. The van der Waals surface area contributed by atoms with Gasteiger partial charge < -0.3 is 11.1 Å². The number of carbonyl (C=O) groups is 1. The standard InChI is InChI=1S/C19H25N5O/c1-12-17(13(2)23-19(20)22-12)9-18(25)21-10-16-8-14-6-4-5-7-15(14)11-24(16)3/h4-7,16H,8-11H2,1-3H3,(H,21,25)(H2,20,22,23). The molecule has 1 aromatic heterocycles. The molecule has 6 nitrogen and oxygen atoms in total. The van der Waals surface area contributed by atoms with Crippen LogP contribution in [-0.2, 0) is 24.2 Å². The average Bonchev–Trinajstić information content (AvgIpc) is 2.56. The smallest absolute Gasteiger partial charge is 0.224 e. The maximum atomic E-state index is 12.4. The van der Waals surface area contributed by atoms with Crippen LogP contribution in [0.5, 0.6) is 0 Å². The molecule has 1 aliphatic heterocycles. The quantitative estimate of drug-likeness (QED) is 0.879. The lowest BCUT2D eigenvalue weighted by molar-refractivity contribution is -0.120. The van der Waals surface area contributed by atoms with Gasteiger partial charge in [-0.3, -0.25) is 9.69 Å². The summed E-state index contributed by atoms with van der Waals surface area (Å²) in [4.78, 5) is 23.0. The third kappa shape index (κ3) is 3.96. The van der Waals surface area contributed by atoms with Gasteiger partial charge in [0.1, 0.15) is 0 Å². The van der Waals surface area contributed by atoms with E-state index in [0.717, 1.165) is 29.9 Å². The minimum Gasteiger partial charge on any atom is -0.368 e. The van der Waals surface area contributed by atoms with Gasteiger partial charge in [-0.2, -0.15) is 0 Å². The predicted octanol–water partition coefficient (Wildman–Crippen LogP) is 1.39. The van der Waals surface area contributed by atoms with Crippen LogP contribution < -0.4 is 11.1 Å². The first kappa shape index (κ1) is 17.4. The van der Waals surface area contributed by atoms with Crippen LogP contribution in [0, 0.1) is 13.8 Å². The monoisotopic (exact) mass is 339 g/mol. The molecule has 1 unspecified atom stereocenters. The van der Waals surface area contributed by atoms with E-state index in [0.29, 0.717) is 12.6 Å². The number of fused-ring (bicyclic) bond motifs is 1. The van der Waals surface area contributed by atoms with Crippen LogP contribution in [0.15, 0.2) is 24.3 Å². The van der Waals surface area contributed by atoms with E-state index in [1.54, 1.807) is 0 Å². The van der Waals surface area contributed by atoms with E-state index in [1.165, 1.54) is 11.1 Å². The van der Waals surface area contributed by atoms with Gasteiger partial charge in [-0.15, -0.1) is 0 Å². The molecular weight excluding hydrogens is 314 g/mol. The molecule has 0 radical (unpaired) electrons. The molecule has 2 aromatic rings. The summed E-state index contributed by atoms with van der Waals surface area (Å²) < 4.78 is 0. The van der Waals surface area contributed by atoms with E-state index < -0.39 is 0 Å². The number of carbonyl (C=O) groups excluding carboxylic acids is 1. The lowest BCUT2D eigenvalue weighted by Crippen LogP contribution is -2.45. The number of nitrogens with one attached hydrogen (secondary N) is 1. The van der Waals surface area contributed by atoms with E-state index in [1.807, 2.05) is 13.8 Å². The molecule has 0 aliphatic carbocycles. The molecule has 1 aromatic carbocycles. The zero-order chi connectivity index (χ0) is 18.0. The molecule has 3 N–H and O–H groups in total. The largest absolute Gasteiger partial charge is 0.368 e. The van der Waals surface area contributed by atoms with Crippen LogP contribution in [0.4, 0.5) is 5.95 Å². The van der Waals surface area contributed by atoms with Crippen LogP contribution in [0.3, 0.4) is 0 Å². The maximum Gasteiger partial charge on any atom is 0.224 e. The molecule has 3 rings (SSSR count). The summed E-state index contributed by atoms with van der Waals surface area (Å²) in [7, 11) is 2.11. The van der Waals surface area contributed by atoms with Crippen LogP contribution in [-0.4, -0.2) is 40.4 Å². The lowest BCUT2D eigenvalue weighted by Gasteiger charge is -2.34. The van der Waals surface area contributed by atoms with Crippen molar-refractivity contribution in [3.8, 4) is 0 Å². The number of hydrogen-bond donors (Lipinski definition) is 2. The third-order valence-electron chi connectivity index (χ3n) is 4.93. The van der Waals surface area contributed by atoms with E-state index in [2.05, 4.69) is 51.5 Å². The molecule has 0 saturated carbocycles. The topological polar surface area (TPSA) is 84.1 Å². The number of nitrogens with zero attached hydrogens (tertiary/aromatic N) is 3. The first-order valence-electron chi connectivity index (χ1n) is 8.57. The SMILES string of the molecule is Cc1nc(N)nc(C)c1CC(=O)NCC1Cc2ccccc2CN1C. The van der Waals surface area contributed by atoms with Gasteiger partial charge >= 0.3 is 0 Å². The van der Waals surface area contributed by atoms with Gasteiger partial charge in [0.15, 0.2) is 0 Å². The van der Waals surface area contributed by atoms with Crippen molar-refractivity contribution in [1.29, 1.82) is 0 Å². The number of aromatic nitrogens is 2. The highest BCUT2D eigenvalue weighted by molar-refractivity contribution is 5.79. The molecule has 1 aliphatic rings. The van der Waals surface area contributed by atoms with Crippen molar-refractivity contribution in [2.45, 2.75) is 39.3 Å². The molecule has 1 atom stereocenters. The van der Waals surface area contributed by atoms with Crippen molar-refractivity contribution in [2.75, 3.05) is 19.3 Å². The predicted molar refractivity (Wildman–Crippen MR) is 98.0 cm³/mol. The van der Waals surface area contributed by atoms with Crippen LogP contribution in [0.25, 0.3) is 0 Å². The number of rotatable bonds is 4. The molecule has 0 spiro atoms. The molecule has 0 saturated heterocycles. The number of anilines is 1. The van der Waals surface area contributed by atoms with Crippen LogP contribution in [0.2, 0.25) is 0 Å². The van der Waals surface area contributed by atoms with Gasteiger partial charge in [-0.05, 0) is 38.4 Å². The molecule has 132 valence electrons. The van der Waals surface area contributed by atoms with Crippen molar-refractivity contribution >= 4 is 11.9 Å². The van der Waals surface area contributed by atoms with Crippen molar-refractivity contribution in [3.63, 3.8) is 0 Å². The Morgan fingerprint density at radius 3 is 2.56 bits per heavy atom. The first-order chi connectivity index (χ1) is 11.9. The summed E-state index contributed by atoms with van der Waals surface area (Å²) in [5.41, 5.74) is 10.8. The van der Waals surface area contributed by atoms with E-state index >= 15 is 0 Å². The Kier molecular flexibility index (Phi) is 4.99. The number of aryl methyl sites for hydroxylation is 2. The fraction of sp³-hybridized carbons (Fsp3) is 0.421. The molecule has 2 heterocycles. The second-order valence-electron chi connectivity index (χ2n) is 6.75. The highest BCUT2D eigenvalue weighted by Gasteiger charge is 2.23. The average molecular weight is 339 g/mol. The minimum atomic E-state index is -0.00756. The zero-order valence-corrected chi connectivity index (χ0v) is 15.0. The minimum absolute atomic E-state index is 0.00756. The number of nitrogens with two attached hydrogens (primary N) is 1. The highest BCUT2D eigenvalue weighted by Crippen LogP contribution is 2.21. The number of amides is 1. The number of nitrogen functional groups attached to an aromatic ring is 1. The normalized spacial score (nSPS) is 17.2. The van der Waals surface area contributed by atoms with Crippen LogP contribution >= 0.6 is 0 Å². The maximum absolute atomic E-state index is 12.4. The first-order valence-corrected chi connectivity index (χ1v) is 8.57. The second-order valence-corrected chi connectivity index (χ2v) is 6.75. The number of hydrogen-bond acceptors (Lipinski definition) is 5. The Morgan fingerprint density at radius 2 is 1.88 bits per heavy atom. The van der Waals surface area contributed by atoms with Gasteiger partial charge in [-0.1, -0.05) is 24.3 Å². The van der Waals surface area contributed by atoms with Crippen molar-refractivity contribution in [3.05, 3.63) is 52.3 Å². The van der Waals surface area contributed by atoms with Gasteiger partial charge in [-0.25, -0.2) is 9.97 Å². The third-order valence-corrected chi connectivity index (χ3v) is 4.93. The lowest BCUT2D eigenvalue weighted by atomic mass is 9.94. The molecule has 0 fully saturated rings. The molecular formula is C19H25N5O. The van der Waals surface area contributed by atoms with Gasteiger partial charge in [0.25, 0.3) is 0 Å². The van der Waals surface area contributed by atoms with E-state index in [-0.39, 0.29) is 18.3 Å². The summed E-state index contributed by atoms with van der Waals surface area (Å²) in [5.74, 6) is 0.244. The van der Waals surface area contributed by atoms with Crippen molar-refractivity contribution in [1.82, 2.24) is 20.2 Å². The molecule has 6 heteroatoms. The summed E-state index contributed by atoms with van der Waals surface area (Å²) >= 11 is 0. The van der Waals surface area contributed by atoms with Crippen molar-refractivity contribution < 1.29 is 4.79 Å². The fourth-order valence-electron chi connectivity index (χ4n) is 3.42. The van der Waals surface area contributed by atoms with Gasteiger partial charge in [0.05, 0.1) is 6.42 Å². The summed E-state index contributed by atoms with van der Waals surface area (Å²) in [6.45, 7) is 5.28. The zero-order valence-electron chi connectivity index (χ0n) is 15.0. The summed E-state index contributed by atoms with van der Waals surface area (Å²) in [6.07, 6.45) is 1.24. The summed E-state index contributed by atoms with van der Waals surface area (Å²) in [5, 5.41) is 3.06. The number of likely N-dealkylation sites (N-methyl/N-ethyl adjacent to an activating group) is 1. The molecule has 1 amide bonds. The molecule has 25 heavy (non-hydrogen) atoms. The fourth-order valence-corrected chi connectivity index (χ4v) is 3.42. The Balaban J connectivity index is 1.60. The molecule has 0 bridgehead atoms. The van der Waals surface area contributed by atoms with Gasteiger partial charge in [0, 0.05) is 36.1 Å². The Labute approximate surface area is 148 Å². The van der Waals surface area contributed by atoms with E-state index in [4.69, 9.17) is 5.73 Å². The van der Waals surface area contributed by atoms with E-state index in [9.17, 15) is 4.79 Å². The Bertz CT molecular complexity index is 766. The van der Waals surface area contributed by atoms with Crippen molar-refractivity contribution in [2.24, 2.45) is 0 Å². The Hall–Kier alpha value is -2.47. The van der Waals surface area contributed by atoms with Gasteiger partial charge in [0.2, 0.25) is 11.9 Å². The number of benzene rings is 1.